The first-order valence-electron chi connectivity index (χ1n) is 58.1. The van der Waals surface area contributed by atoms with Gasteiger partial charge in [0.1, 0.15) is 91.1 Å². The van der Waals surface area contributed by atoms with Crippen LogP contribution in [0.1, 0.15) is 143 Å². The van der Waals surface area contributed by atoms with Crippen molar-refractivity contribution in [2.24, 2.45) is 47.1 Å². The van der Waals surface area contributed by atoms with Crippen LogP contribution >= 0.6 is 0 Å². The summed E-state index contributed by atoms with van der Waals surface area (Å²) in [6.07, 6.45) is 10.6. The lowest BCUT2D eigenvalue weighted by molar-refractivity contribution is -0.660. The number of rotatable bonds is 9. The summed E-state index contributed by atoms with van der Waals surface area (Å²) in [5.74, 6) is -0.0324. The third-order valence-electron chi connectivity index (χ3n) is 28.7. The Morgan fingerprint density at radius 2 is 0.606 bits per heavy atom. The lowest BCUT2D eigenvalue weighted by Gasteiger charge is -2.10. The molecule has 0 spiro atoms. The Labute approximate surface area is 856 Å². The molecule has 10 heterocycles. The molecule has 10 aromatic heterocycles. The van der Waals surface area contributed by atoms with Crippen molar-refractivity contribution in [3.05, 3.63) is 388 Å². The highest BCUT2D eigenvalue weighted by molar-refractivity contribution is 6.23. The summed E-state index contributed by atoms with van der Waals surface area (Å²) >= 11 is 0. The van der Waals surface area contributed by atoms with Crippen LogP contribution in [0.5, 0.6) is 0 Å². The lowest BCUT2D eigenvalue weighted by atomic mass is 9.95. The van der Waals surface area contributed by atoms with E-state index < -0.39 is 47.0 Å². The van der Waals surface area contributed by atoms with Crippen LogP contribution in [0, 0.1) is 94.6 Å². The molecule has 142 heavy (non-hydrogen) atoms. The van der Waals surface area contributed by atoms with E-state index in [9.17, 15) is 0 Å². The van der Waals surface area contributed by atoms with Crippen LogP contribution in [0.15, 0.2) is 332 Å². The molecule has 26 rings (SSSR count). The van der Waals surface area contributed by atoms with Crippen molar-refractivity contribution in [2.45, 2.75) is 135 Å². The van der Waals surface area contributed by atoms with E-state index >= 15 is 0 Å². The van der Waals surface area contributed by atoms with E-state index in [0.717, 1.165) is 235 Å². The van der Waals surface area contributed by atoms with Crippen molar-refractivity contribution >= 4 is 164 Å². The number of nitrogens with zero attached hydrogens (tertiary/aromatic N) is 5. The van der Waals surface area contributed by atoms with Gasteiger partial charge in [-0.2, -0.15) is 0 Å². The third-order valence-corrected chi connectivity index (χ3v) is 28.7. The molecule has 700 valence electrons. The lowest BCUT2D eigenvalue weighted by Crippen LogP contribution is -2.31. The molecule has 15 aromatic carbocycles. The zero-order valence-electron chi connectivity index (χ0n) is 101. The molecule has 0 bridgehead atoms. The third kappa shape index (κ3) is 16.2. The van der Waals surface area contributed by atoms with Gasteiger partial charge in [0.15, 0.2) is 31.0 Å². The summed E-state index contributed by atoms with van der Waals surface area (Å²) in [7, 11) is 9.60. The average Bonchev–Trinajstić information content (AvgIpc) is 1.54. The normalized spacial score (nSPS) is 15.1. The van der Waals surface area contributed by atoms with Crippen LogP contribution in [-0.2, 0) is 48.0 Å². The average molecular weight is 1880 g/mol. The second kappa shape index (κ2) is 36.8. The molecule has 1 aliphatic carbocycles. The van der Waals surface area contributed by atoms with Gasteiger partial charge >= 0.3 is 0 Å². The first-order valence-corrected chi connectivity index (χ1v) is 48.6. The van der Waals surface area contributed by atoms with Crippen molar-refractivity contribution in [3.63, 3.8) is 0 Å². The molecule has 0 saturated heterocycles. The van der Waals surface area contributed by atoms with E-state index in [1.54, 1.807) is 72.9 Å². The zero-order chi connectivity index (χ0) is 114. The molecule has 0 radical (unpaired) electrons. The van der Waals surface area contributed by atoms with Crippen LogP contribution in [0.3, 0.4) is 0 Å². The number of fused-ring (bicyclic) bond motifs is 25. The topological polar surface area (TPSA) is 85.1 Å². The zero-order valence-corrected chi connectivity index (χ0v) is 82.2. The maximum absolute atomic E-state index is 8.92. The Kier molecular flexibility index (Phi) is 18.6. The van der Waals surface area contributed by atoms with Gasteiger partial charge in [-0.05, 0) is 237 Å². The number of hydrogen-bond acceptors (Lipinski definition) is 5. The monoisotopic (exact) mass is 1880 g/mol. The van der Waals surface area contributed by atoms with E-state index in [4.69, 9.17) is 48.1 Å². The van der Waals surface area contributed by atoms with E-state index in [0.29, 0.717) is 60.8 Å². The summed E-state index contributed by atoms with van der Waals surface area (Å²) < 4.78 is 198. The van der Waals surface area contributed by atoms with E-state index in [1.165, 1.54) is 5.39 Å². The van der Waals surface area contributed by atoms with Crippen LogP contribution in [0.4, 0.5) is 0 Å². The Balaban J connectivity index is 0.000000112. The summed E-state index contributed by atoms with van der Waals surface area (Å²) in [5.41, 5.74) is 25.3. The Hall–Kier alpha value is -15.7. The van der Waals surface area contributed by atoms with Crippen molar-refractivity contribution in [3.8, 4) is 56.3 Å². The van der Waals surface area contributed by atoms with Crippen LogP contribution < -0.4 is 22.8 Å². The smallest absolute Gasteiger partial charge is 0.216 e. The maximum Gasteiger partial charge on any atom is 0.216 e. The number of benzene rings is 15. The predicted octanol–water partition coefficient (Wildman–Crippen LogP) is 32.8. The Morgan fingerprint density at radius 1 is 0.268 bits per heavy atom. The van der Waals surface area contributed by atoms with Gasteiger partial charge in [0.25, 0.3) is 0 Å². The molecule has 1 fully saturated rings. The highest BCUT2D eigenvalue weighted by atomic mass is 16.3. The molecular weight excluding hydrogens is 1740 g/mol. The van der Waals surface area contributed by atoms with Crippen LogP contribution in [0.25, 0.3) is 220 Å². The summed E-state index contributed by atoms with van der Waals surface area (Å²) in [6, 6.07) is 91.7. The maximum atomic E-state index is 8.92. The predicted molar refractivity (Wildman–Crippen MR) is 590 cm³/mol. The molecule has 10 nitrogen and oxygen atoms in total. The van der Waals surface area contributed by atoms with Gasteiger partial charge in [-0.1, -0.05) is 234 Å². The molecule has 1 aliphatic rings. The minimum Gasteiger partial charge on any atom is -0.454 e. The fourth-order valence-electron chi connectivity index (χ4n) is 21.6. The van der Waals surface area contributed by atoms with Crippen molar-refractivity contribution in [1.82, 2.24) is 0 Å². The summed E-state index contributed by atoms with van der Waals surface area (Å²) in [5, 5.41) is 19.0. The second-order valence-electron chi connectivity index (χ2n) is 38.8. The Bertz CT molecular complexity index is 10300. The molecule has 25 aromatic rings. The summed E-state index contributed by atoms with van der Waals surface area (Å²) in [6.45, 7) is 6.21. The quantitative estimate of drug-likeness (QED) is 0.134. The highest BCUT2D eigenvalue weighted by Crippen LogP contribution is 2.49. The number of pyridine rings is 5. The molecule has 10 heteroatoms. The molecule has 0 amide bonds. The standard InChI is InChI=1S/C29H28NO.C27H26NO.C26H24NO.2C25H22NO/c1-19-11-13-25-24-14-12-22-9-5-6-10-23(22)28(24)31-29(25)27(19)26-18-21(15-16-30(26)2)17-20-7-3-4-8-20;1-17(2)15-19-13-14-28(4)24(16-19)25-18(3)9-11-23-22-12-10-20-7-5-6-8-21(20)26(22)29-27(23)25;1-15-13-22(27(5)14-18(15)4)24-17(3)12-16(2)23-21-11-10-19-8-6-7-9-20(19)25(21)28-26(23)24;1-15-9-12-21(26(4)14-15)23-17(3)13-16(2)22-20-11-10-18-7-5-6-8-19(18)24(20)27-25(22)23;1-15-11-12-26(4)21(13-15)23-17(3)14-16(2)22-20-10-9-18-7-5-6-8-19(18)24(20)27-25(22)23/h5-6,9-16,18,20H,3-4,7-8,17H2,1-2H3;5-14,16-17H,15H2,1-4H3;6-14H,1-5H3;2*5-14H,1-4H3/q5*+1/i17D2;15D2;2D3,4D3;1D3,2D3;2D3. The fraction of sp³-hybridized carbons (Fsp3) is 0.205. The summed E-state index contributed by atoms with van der Waals surface area (Å²) in [4.78, 5) is 0. The largest absolute Gasteiger partial charge is 0.454 e. The van der Waals surface area contributed by atoms with E-state index in [2.05, 4.69) is 127 Å². The van der Waals surface area contributed by atoms with Crippen molar-refractivity contribution in [1.29, 1.82) is 0 Å². The SMILES string of the molecule is [2H]C([2H])([2H])c1c[n+](C)c(-c2c(C)cc(C([2H])([2H])[2H])c3c2oc2c4ccccc4ccc23)cc1C.[2H]C([2H])([2H])c1cc(C)c(-c2cc(C)cc[n+]2C)c2oc3c4ccccc4ccc3c12.[2H]C([2H])([2H])c1ccc(-c2c(C)cc(C([2H])([2H])[2H])c3c2oc2c4ccccc4ccc23)[n+](C)c1.[2H]C([2H])(c1cc[n+](C)c(-c2c(C)ccc3c2oc2c4ccccc4ccc32)c1)C(C)C.[2H]C([2H])(c1cc[n+](C)c(-c2c(C)ccc3c2oc2c4ccccc4ccc32)c1)C1CCCC1. The number of furan rings is 5. The van der Waals surface area contributed by atoms with Gasteiger partial charge in [-0.25, -0.2) is 22.8 Å². The highest BCUT2D eigenvalue weighted by Gasteiger charge is 2.31. The minimum atomic E-state index is -2.33. The van der Waals surface area contributed by atoms with Crippen LogP contribution in [0.2, 0.25) is 0 Å². The van der Waals surface area contributed by atoms with Gasteiger partial charge in [0.05, 0.1) is 27.8 Å². The number of aromatic nitrogens is 5. The van der Waals surface area contributed by atoms with Gasteiger partial charge in [0, 0.05) is 166 Å². The molecule has 1 saturated carbocycles. The second-order valence-corrected chi connectivity index (χ2v) is 38.8. The van der Waals surface area contributed by atoms with Gasteiger partial charge < -0.3 is 22.1 Å². The van der Waals surface area contributed by atoms with E-state index in [-0.39, 0.29) is 34.1 Å². The molecule has 0 atom stereocenters. The van der Waals surface area contributed by atoms with Crippen molar-refractivity contribution < 1.29 is 71.0 Å². The van der Waals surface area contributed by atoms with Crippen LogP contribution in [-0.4, -0.2) is 0 Å². The number of aryl methyl sites for hydroxylation is 17. The Morgan fingerprint density at radius 3 is 1.01 bits per heavy atom. The minimum absolute atomic E-state index is 0.0903. The molecule has 0 N–H and O–H groups in total. The van der Waals surface area contributed by atoms with Gasteiger partial charge in [-0.15, -0.1) is 0 Å². The number of hydrogen-bond donors (Lipinski definition) is 0. The molecule has 0 unspecified atom stereocenters. The van der Waals surface area contributed by atoms with Gasteiger partial charge in [0.2, 0.25) is 28.5 Å². The molecule has 0 aliphatic heterocycles. The fourth-order valence-corrected chi connectivity index (χ4v) is 21.6. The van der Waals surface area contributed by atoms with Crippen molar-refractivity contribution in [2.75, 3.05) is 0 Å². The van der Waals surface area contributed by atoms with Gasteiger partial charge in [-0.3, -0.25) is 0 Å². The molecular formula is C132H122N5O5+5. The van der Waals surface area contributed by atoms with E-state index in [1.807, 2.05) is 231 Å². The first-order chi connectivity index (χ1) is 76.3. The first kappa shape index (κ1) is 71.7.